The zero-order valence-corrected chi connectivity index (χ0v) is 14.2. The maximum absolute atomic E-state index is 11.7. The van der Waals surface area contributed by atoms with Crippen LogP contribution in [0.1, 0.15) is 18.2 Å². The van der Waals surface area contributed by atoms with Gasteiger partial charge in [-0.2, -0.15) is 10.2 Å². The number of amides is 1. The number of halogens is 2. The average molecular weight is 355 g/mol. The number of benzene rings is 1. The van der Waals surface area contributed by atoms with Gasteiger partial charge in [-0.05, 0) is 32.0 Å². The van der Waals surface area contributed by atoms with Crippen LogP contribution in [0.15, 0.2) is 29.5 Å². The Labute approximate surface area is 144 Å². The summed E-state index contributed by atoms with van der Waals surface area (Å²) in [5.74, 6) is -0.0111. The van der Waals surface area contributed by atoms with Gasteiger partial charge in [-0.3, -0.25) is 9.48 Å². The quantitative estimate of drug-likeness (QED) is 0.640. The minimum atomic E-state index is -0.396. The van der Waals surface area contributed by atoms with Crippen molar-refractivity contribution < 1.29 is 9.53 Å². The van der Waals surface area contributed by atoms with Gasteiger partial charge in [0.1, 0.15) is 5.75 Å². The number of nitrogens with one attached hydrogen (secondary N) is 1. The maximum atomic E-state index is 11.7. The smallest absolute Gasteiger partial charge is 0.277 e. The molecular weight excluding hydrogens is 339 g/mol. The number of ether oxygens (including phenoxy) is 1. The molecule has 0 saturated heterocycles. The molecule has 0 aliphatic heterocycles. The van der Waals surface area contributed by atoms with E-state index in [9.17, 15) is 4.79 Å². The molecule has 0 spiro atoms. The van der Waals surface area contributed by atoms with Gasteiger partial charge < -0.3 is 4.74 Å². The Hall–Kier alpha value is -2.05. The van der Waals surface area contributed by atoms with Gasteiger partial charge in [0.05, 0.1) is 16.9 Å². The molecule has 6 nitrogen and oxygen atoms in total. The molecule has 1 aromatic heterocycles. The van der Waals surface area contributed by atoms with Gasteiger partial charge >= 0.3 is 0 Å². The fraction of sp³-hybridized carbons (Fsp3) is 0.267. The van der Waals surface area contributed by atoms with Gasteiger partial charge in [-0.1, -0.05) is 23.2 Å². The molecule has 0 atom stereocenters. The molecule has 0 aliphatic rings. The standard InChI is InChI=1S/C15H16Cl2N4O2/c1-3-21-8-11(10(2)20-21)7-18-19-15(22)9-23-14-5-4-12(16)6-13(14)17/h4-8H,3,9H2,1-2H3,(H,19,22)/b18-7-. The molecule has 8 heteroatoms. The number of carbonyl (C=O) groups excluding carboxylic acids is 1. The highest BCUT2D eigenvalue weighted by Crippen LogP contribution is 2.27. The first kappa shape index (κ1) is 17.3. The Morgan fingerprint density at radius 3 is 2.91 bits per heavy atom. The number of aryl methyl sites for hydroxylation is 2. The minimum absolute atomic E-state index is 0.202. The summed E-state index contributed by atoms with van der Waals surface area (Å²) >= 11 is 11.7. The van der Waals surface area contributed by atoms with E-state index >= 15 is 0 Å². The van der Waals surface area contributed by atoms with Crippen LogP contribution in [-0.2, 0) is 11.3 Å². The molecule has 2 rings (SSSR count). The molecule has 0 unspecified atom stereocenters. The third-order valence-electron chi connectivity index (χ3n) is 2.95. The Bertz CT molecular complexity index is 728. The van der Waals surface area contributed by atoms with E-state index in [2.05, 4.69) is 15.6 Å². The van der Waals surface area contributed by atoms with E-state index in [1.807, 2.05) is 20.0 Å². The van der Waals surface area contributed by atoms with Gasteiger partial charge in [0, 0.05) is 23.3 Å². The van der Waals surface area contributed by atoms with E-state index in [4.69, 9.17) is 27.9 Å². The van der Waals surface area contributed by atoms with Crippen LogP contribution in [0, 0.1) is 6.92 Å². The van der Waals surface area contributed by atoms with E-state index in [0.717, 1.165) is 17.8 Å². The lowest BCUT2D eigenvalue weighted by molar-refractivity contribution is -0.123. The van der Waals surface area contributed by atoms with Crippen LogP contribution in [-0.4, -0.2) is 28.5 Å². The molecule has 1 heterocycles. The normalized spacial score (nSPS) is 11.0. The molecule has 0 saturated carbocycles. The lowest BCUT2D eigenvalue weighted by Gasteiger charge is -2.06. The molecule has 1 aromatic carbocycles. The van der Waals surface area contributed by atoms with Crippen LogP contribution in [0.2, 0.25) is 10.0 Å². The summed E-state index contributed by atoms with van der Waals surface area (Å²) in [7, 11) is 0. The van der Waals surface area contributed by atoms with Crippen LogP contribution in [0.3, 0.4) is 0 Å². The van der Waals surface area contributed by atoms with Crippen LogP contribution in [0.25, 0.3) is 0 Å². The van der Waals surface area contributed by atoms with Crippen LogP contribution in [0.4, 0.5) is 0 Å². The summed E-state index contributed by atoms with van der Waals surface area (Å²) in [6.07, 6.45) is 3.40. The molecule has 0 fully saturated rings. The molecule has 2 aromatic rings. The zero-order chi connectivity index (χ0) is 16.8. The van der Waals surface area contributed by atoms with Gasteiger partial charge in [0.25, 0.3) is 5.91 Å². The summed E-state index contributed by atoms with van der Waals surface area (Å²) in [4.78, 5) is 11.7. The molecule has 122 valence electrons. The first-order chi connectivity index (χ1) is 11.0. The number of hydrazone groups is 1. The monoisotopic (exact) mass is 354 g/mol. The van der Waals surface area contributed by atoms with Crippen molar-refractivity contribution >= 4 is 35.3 Å². The molecule has 0 aliphatic carbocycles. The van der Waals surface area contributed by atoms with Crippen molar-refractivity contribution in [3.8, 4) is 5.75 Å². The first-order valence-corrected chi connectivity index (χ1v) is 7.69. The van der Waals surface area contributed by atoms with E-state index in [1.165, 1.54) is 0 Å². The van der Waals surface area contributed by atoms with E-state index in [0.29, 0.717) is 15.8 Å². The van der Waals surface area contributed by atoms with E-state index in [-0.39, 0.29) is 6.61 Å². The summed E-state index contributed by atoms with van der Waals surface area (Å²) in [5.41, 5.74) is 4.07. The fourth-order valence-corrected chi connectivity index (χ4v) is 2.23. The van der Waals surface area contributed by atoms with Crippen molar-refractivity contribution in [3.05, 3.63) is 45.7 Å². The largest absolute Gasteiger partial charge is 0.482 e. The third kappa shape index (κ3) is 4.97. The summed E-state index contributed by atoms with van der Waals surface area (Å²) in [6, 6.07) is 4.78. The molecule has 1 amide bonds. The second-order valence-corrected chi connectivity index (χ2v) is 5.53. The second kappa shape index (κ2) is 7.99. The predicted octanol–water partition coefficient (Wildman–Crippen LogP) is 3.05. The first-order valence-electron chi connectivity index (χ1n) is 6.93. The number of rotatable bonds is 6. The topological polar surface area (TPSA) is 68.5 Å². The lowest BCUT2D eigenvalue weighted by atomic mass is 10.3. The summed E-state index contributed by atoms with van der Waals surface area (Å²) in [6.45, 7) is 4.44. The van der Waals surface area contributed by atoms with Gasteiger partial charge in [-0.15, -0.1) is 0 Å². The Kier molecular flexibility index (Phi) is 6.01. The van der Waals surface area contributed by atoms with Crippen molar-refractivity contribution in [1.82, 2.24) is 15.2 Å². The number of hydrogen-bond donors (Lipinski definition) is 1. The van der Waals surface area contributed by atoms with Crippen LogP contribution < -0.4 is 10.2 Å². The molecule has 23 heavy (non-hydrogen) atoms. The van der Waals surface area contributed by atoms with Gasteiger partial charge in [0.2, 0.25) is 0 Å². The second-order valence-electron chi connectivity index (χ2n) is 4.68. The van der Waals surface area contributed by atoms with Gasteiger partial charge in [0.15, 0.2) is 6.61 Å². The van der Waals surface area contributed by atoms with Gasteiger partial charge in [-0.25, -0.2) is 5.43 Å². The highest BCUT2D eigenvalue weighted by molar-refractivity contribution is 6.35. The maximum Gasteiger partial charge on any atom is 0.277 e. The van der Waals surface area contributed by atoms with Crippen molar-refractivity contribution in [2.24, 2.45) is 5.10 Å². The lowest BCUT2D eigenvalue weighted by Crippen LogP contribution is -2.24. The highest BCUT2D eigenvalue weighted by atomic mass is 35.5. The number of nitrogens with zero attached hydrogens (tertiary/aromatic N) is 3. The van der Waals surface area contributed by atoms with E-state index in [1.54, 1.807) is 29.1 Å². The molecule has 0 radical (unpaired) electrons. The molecular formula is C15H16Cl2N4O2. The Balaban J connectivity index is 1.85. The summed E-state index contributed by atoms with van der Waals surface area (Å²) in [5, 5.41) is 9.01. The Morgan fingerprint density at radius 1 is 1.48 bits per heavy atom. The van der Waals surface area contributed by atoms with E-state index < -0.39 is 5.91 Å². The number of carbonyl (C=O) groups is 1. The van der Waals surface area contributed by atoms with Crippen molar-refractivity contribution in [1.29, 1.82) is 0 Å². The zero-order valence-electron chi connectivity index (χ0n) is 12.7. The number of aromatic nitrogens is 2. The SMILES string of the molecule is CCn1cc(/C=N\NC(=O)COc2ccc(Cl)cc2Cl)c(C)n1. The van der Waals surface area contributed by atoms with Crippen LogP contribution in [0.5, 0.6) is 5.75 Å². The van der Waals surface area contributed by atoms with Crippen LogP contribution >= 0.6 is 23.2 Å². The van der Waals surface area contributed by atoms with Crippen molar-refractivity contribution in [3.63, 3.8) is 0 Å². The highest BCUT2D eigenvalue weighted by Gasteiger charge is 2.06. The van der Waals surface area contributed by atoms with Crippen molar-refractivity contribution in [2.45, 2.75) is 20.4 Å². The summed E-state index contributed by atoms with van der Waals surface area (Å²) < 4.78 is 7.10. The Morgan fingerprint density at radius 2 is 2.26 bits per heavy atom. The number of hydrogen-bond acceptors (Lipinski definition) is 4. The third-order valence-corrected chi connectivity index (χ3v) is 3.48. The minimum Gasteiger partial charge on any atom is -0.482 e. The fourth-order valence-electron chi connectivity index (χ4n) is 1.76. The predicted molar refractivity (Wildman–Crippen MR) is 90.3 cm³/mol. The van der Waals surface area contributed by atoms with Crippen molar-refractivity contribution in [2.75, 3.05) is 6.61 Å². The molecule has 0 bridgehead atoms. The average Bonchev–Trinajstić information content (AvgIpc) is 2.87. The molecule has 1 N–H and O–H groups in total.